The Morgan fingerprint density at radius 3 is 2.76 bits per heavy atom. The molecular weight excluding hydrogens is 373 g/mol. The van der Waals surface area contributed by atoms with Crippen molar-refractivity contribution in [3.05, 3.63) is 21.4 Å². The number of halogens is 3. The largest absolute Gasteiger partial charge is 0.405 e. The van der Waals surface area contributed by atoms with E-state index in [4.69, 9.17) is 0 Å². The Labute approximate surface area is 152 Å². The number of alkyl halides is 3. The number of hydrogen-bond acceptors (Lipinski definition) is 4. The predicted molar refractivity (Wildman–Crippen MR) is 91.9 cm³/mol. The van der Waals surface area contributed by atoms with E-state index in [9.17, 15) is 22.8 Å². The first kappa shape index (κ1) is 18.6. The maximum atomic E-state index is 12.8. The summed E-state index contributed by atoms with van der Waals surface area (Å²) >= 11 is 2.84. The molecule has 0 radical (unpaired) electrons. The molecule has 4 nitrogen and oxygen atoms in total. The Hall–Kier alpha value is -1.22. The van der Waals surface area contributed by atoms with Crippen LogP contribution in [0.4, 0.5) is 13.2 Å². The lowest BCUT2D eigenvalue weighted by Crippen LogP contribution is -2.49. The van der Waals surface area contributed by atoms with Crippen LogP contribution in [0, 0.1) is 0 Å². The second kappa shape index (κ2) is 7.57. The summed E-state index contributed by atoms with van der Waals surface area (Å²) < 4.78 is 36.9. The van der Waals surface area contributed by atoms with Gasteiger partial charge in [-0.05, 0) is 37.3 Å². The molecule has 1 aromatic heterocycles. The highest BCUT2D eigenvalue weighted by atomic mass is 32.2. The molecule has 3 rings (SSSR count). The minimum Gasteiger partial charge on any atom is -0.345 e. The highest BCUT2D eigenvalue weighted by Crippen LogP contribution is 2.32. The Morgan fingerprint density at radius 2 is 2.00 bits per heavy atom. The number of thiophene rings is 1. The number of carbonyl (C=O) groups excluding carboxylic acids is 2. The zero-order valence-corrected chi connectivity index (χ0v) is 15.2. The normalized spacial score (nSPS) is 20.9. The van der Waals surface area contributed by atoms with Crippen LogP contribution in [-0.4, -0.2) is 47.1 Å². The SMILES string of the molecule is O=C(NCC(F)(F)F)C1CSCN1C(=O)c1cc2c(s1)CCCCC2. The van der Waals surface area contributed by atoms with E-state index in [0.717, 1.165) is 25.7 Å². The lowest BCUT2D eigenvalue weighted by molar-refractivity contribution is -0.140. The second-order valence-corrected chi connectivity index (χ2v) is 8.38. The van der Waals surface area contributed by atoms with Crippen LogP contribution in [0.15, 0.2) is 6.07 Å². The lowest BCUT2D eigenvalue weighted by atomic mass is 10.1. The minimum atomic E-state index is -4.46. The Kier molecular flexibility index (Phi) is 5.62. The number of nitrogens with one attached hydrogen (secondary N) is 1. The maximum absolute atomic E-state index is 12.8. The fraction of sp³-hybridized carbons (Fsp3) is 0.625. The smallest absolute Gasteiger partial charge is 0.345 e. The molecule has 0 aromatic carbocycles. The number of fused-ring (bicyclic) bond motifs is 1. The topological polar surface area (TPSA) is 49.4 Å². The fourth-order valence-electron chi connectivity index (χ4n) is 3.08. The molecule has 0 bridgehead atoms. The van der Waals surface area contributed by atoms with Crippen molar-refractivity contribution in [1.82, 2.24) is 10.2 Å². The van der Waals surface area contributed by atoms with Crippen molar-refractivity contribution >= 4 is 34.9 Å². The molecule has 2 heterocycles. The van der Waals surface area contributed by atoms with Crippen LogP contribution < -0.4 is 5.32 Å². The summed E-state index contributed by atoms with van der Waals surface area (Å²) in [5.74, 6) is -0.351. The van der Waals surface area contributed by atoms with E-state index in [1.165, 1.54) is 44.9 Å². The summed E-state index contributed by atoms with van der Waals surface area (Å²) in [7, 11) is 0. The van der Waals surface area contributed by atoms with Crippen molar-refractivity contribution in [3.8, 4) is 0 Å². The average molecular weight is 392 g/mol. The number of nitrogens with zero attached hydrogens (tertiary/aromatic N) is 1. The third-order valence-electron chi connectivity index (χ3n) is 4.37. The molecule has 1 unspecified atom stereocenters. The van der Waals surface area contributed by atoms with Gasteiger partial charge in [0, 0.05) is 10.6 Å². The number of hydrogen-bond donors (Lipinski definition) is 1. The molecule has 0 saturated carbocycles. The van der Waals surface area contributed by atoms with Gasteiger partial charge in [0.2, 0.25) is 5.91 Å². The molecule has 2 aliphatic rings. The molecule has 25 heavy (non-hydrogen) atoms. The molecule has 1 aliphatic carbocycles. The van der Waals surface area contributed by atoms with E-state index >= 15 is 0 Å². The van der Waals surface area contributed by atoms with Crippen molar-refractivity contribution in [2.45, 2.75) is 44.3 Å². The van der Waals surface area contributed by atoms with Gasteiger partial charge in [-0.15, -0.1) is 23.1 Å². The van der Waals surface area contributed by atoms with Gasteiger partial charge in [-0.3, -0.25) is 9.59 Å². The van der Waals surface area contributed by atoms with Crippen LogP contribution in [-0.2, 0) is 17.6 Å². The molecule has 0 spiro atoms. The van der Waals surface area contributed by atoms with Crippen molar-refractivity contribution < 1.29 is 22.8 Å². The highest BCUT2D eigenvalue weighted by molar-refractivity contribution is 7.99. The number of carbonyl (C=O) groups is 2. The molecule has 1 atom stereocenters. The first-order valence-corrected chi connectivity index (χ1v) is 10.2. The Morgan fingerprint density at radius 1 is 1.24 bits per heavy atom. The molecule has 1 aliphatic heterocycles. The molecule has 1 fully saturated rings. The number of thioether (sulfide) groups is 1. The van der Waals surface area contributed by atoms with Crippen molar-refractivity contribution in [2.75, 3.05) is 18.2 Å². The summed E-state index contributed by atoms with van der Waals surface area (Å²) in [6.07, 6.45) is 0.889. The molecule has 1 N–H and O–H groups in total. The number of rotatable bonds is 3. The van der Waals surface area contributed by atoms with Gasteiger partial charge >= 0.3 is 6.18 Å². The zero-order chi connectivity index (χ0) is 18.0. The van der Waals surface area contributed by atoms with Gasteiger partial charge in [-0.25, -0.2) is 0 Å². The molecule has 1 aromatic rings. The van der Waals surface area contributed by atoms with E-state index < -0.39 is 24.7 Å². The lowest BCUT2D eigenvalue weighted by Gasteiger charge is -2.22. The van der Waals surface area contributed by atoms with Gasteiger partial charge in [0.05, 0.1) is 10.8 Å². The van der Waals surface area contributed by atoms with E-state index in [0.29, 0.717) is 16.5 Å². The van der Waals surface area contributed by atoms with Crippen molar-refractivity contribution in [1.29, 1.82) is 0 Å². The highest BCUT2D eigenvalue weighted by Gasteiger charge is 2.37. The zero-order valence-electron chi connectivity index (χ0n) is 13.5. The first-order valence-electron chi connectivity index (χ1n) is 8.20. The molecule has 2 amide bonds. The summed E-state index contributed by atoms with van der Waals surface area (Å²) in [5, 5.41) is 1.89. The number of amides is 2. The van der Waals surface area contributed by atoms with Gasteiger partial charge in [0.15, 0.2) is 0 Å². The van der Waals surface area contributed by atoms with E-state index in [2.05, 4.69) is 0 Å². The Balaban J connectivity index is 1.69. The monoisotopic (exact) mass is 392 g/mol. The Bertz CT molecular complexity index is 637. The molecule has 9 heteroatoms. The van der Waals surface area contributed by atoms with Crippen LogP contribution in [0.2, 0.25) is 0 Å². The predicted octanol–water partition coefficient (Wildman–Crippen LogP) is 3.21. The van der Waals surface area contributed by atoms with E-state index in [1.807, 2.05) is 11.4 Å². The molecule has 1 saturated heterocycles. The second-order valence-electron chi connectivity index (χ2n) is 6.24. The van der Waals surface area contributed by atoms with Crippen molar-refractivity contribution in [2.24, 2.45) is 0 Å². The van der Waals surface area contributed by atoms with Gasteiger partial charge < -0.3 is 10.2 Å². The fourth-order valence-corrected chi connectivity index (χ4v) is 5.44. The third kappa shape index (κ3) is 4.49. The summed E-state index contributed by atoms with van der Waals surface area (Å²) in [6.45, 7) is -1.37. The van der Waals surface area contributed by atoms with Crippen LogP contribution in [0.5, 0.6) is 0 Å². The average Bonchev–Trinajstić information content (AvgIpc) is 3.14. The summed E-state index contributed by atoms with van der Waals surface area (Å²) in [4.78, 5) is 28.1. The van der Waals surface area contributed by atoms with E-state index in [1.54, 1.807) is 0 Å². The first-order chi connectivity index (χ1) is 11.8. The van der Waals surface area contributed by atoms with Gasteiger partial charge in [0.25, 0.3) is 5.91 Å². The maximum Gasteiger partial charge on any atom is 0.405 e. The molecular formula is C16H19F3N2O2S2. The van der Waals surface area contributed by atoms with Gasteiger partial charge in [-0.1, -0.05) is 6.42 Å². The minimum absolute atomic E-state index is 0.254. The standard InChI is InChI=1S/C16H19F3N2O2S2/c17-16(18,19)8-20-14(22)11-7-24-9-21(11)15(23)13-6-10-4-2-1-3-5-12(10)25-13/h6,11H,1-5,7-9H2,(H,20,22). The van der Waals surface area contributed by atoms with Crippen LogP contribution in [0.1, 0.15) is 39.4 Å². The number of aryl methyl sites for hydroxylation is 2. The van der Waals surface area contributed by atoms with Crippen LogP contribution >= 0.6 is 23.1 Å². The van der Waals surface area contributed by atoms with Gasteiger partial charge in [0.1, 0.15) is 12.6 Å². The summed E-state index contributed by atoms with van der Waals surface area (Å²) in [6, 6.07) is 1.06. The molecule has 138 valence electrons. The van der Waals surface area contributed by atoms with Crippen LogP contribution in [0.3, 0.4) is 0 Å². The quantitative estimate of drug-likeness (QED) is 0.804. The van der Waals surface area contributed by atoms with Crippen LogP contribution in [0.25, 0.3) is 0 Å². The van der Waals surface area contributed by atoms with E-state index in [-0.39, 0.29) is 5.91 Å². The van der Waals surface area contributed by atoms with Crippen molar-refractivity contribution in [3.63, 3.8) is 0 Å². The summed E-state index contributed by atoms with van der Waals surface area (Å²) in [5.41, 5.74) is 1.20. The third-order valence-corrected chi connectivity index (χ3v) is 6.60. The van der Waals surface area contributed by atoms with Gasteiger partial charge in [-0.2, -0.15) is 13.2 Å².